The van der Waals surface area contributed by atoms with E-state index in [1.165, 1.54) is 0 Å². The molecule has 0 bridgehead atoms. The van der Waals surface area contributed by atoms with Gasteiger partial charge in [0.15, 0.2) is 0 Å². The van der Waals surface area contributed by atoms with Crippen LogP contribution in [0, 0.1) is 0 Å². The number of nitrogens with two attached hydrogens (primary N) is 2. The first-order valence-electron chi connectivity index (χ1n) is 3.45. The van der Waals surface area contributed by atoms with Crippen molar-refractivity contribution in [3.63, 3.8) is 0 Å². The molecule has 0 aliphatic carbocycles. The number of nitrogen functional groups attached to an aromatic ring is 2. The molecular weight excluding hydrogens is 192 g/mol. The number of aromatic nitrogens is 4. The average molecular weight is 198 g/mol. The third kappa shape index (κ3) is 1.35. The van der Waals surface area contributed by atoms with E-state index >= 15 is 0 Å². The lowest BCUT2D eigenvalue weighted by atomic mass is 10.6. The van der Waals surface area contributed by atoms with Gasteiger partial charge < -0.3 is 11.5 Å². The highest BCUT2D eigenvalue weighted by Gasteiger charge is 2.08. The van der Waals surface area contributed by atoms with Crippen molar-refractivity contribution in [1.82, 2.24) is 20.6 Å². The highest BCUT2D eigenvalue weighted by molar-refractivity contribution is 5.61. The van der Waals surface area contributed by atoms with Crippen LogP contribution in [0.2, 0.25) is 0 Å². The zero-order valence-corrected chi connectivity index (χ0v) is 6.76. The molecule has 2 aromatic heterocycles. The summed E-state index contributed by atoms with van der Waals surface area (Å²) in [5.74, 6) is 0.639. The van der Waals surface area contributed by atoms with Gasteiger partial charge in [0.1, 0.15) is 0 Å². The Balaban J connectivity index is 2.02. The monoisotopic (exact) mass is 198 g/mol. The molecule has 2 heterocycles. The molecule has 14 heavy (non-hydrogen) atoms. The topological polar surface area (TPSA) is 154 Å². The van der Waals surface area contributed by atoms with E-state index in [-0.39, 0.29) is 23.3 Å². The molecule has 2 rings (SSSR count). The first-order chi connectivity index (χ1) is 6.77. The Morgan fingerprint density at radius 1 is 0.786 bits per heavy atom. The SMILES string of the molecule is Nc1nonc1NNc1nonc1N. The third-order valence-electron chi connectivity index (χ3n) is 1.33. The number of nitrogens with one attached hydrogen (secondary N) is 2. The summed E-state index contributed by atoms with van der Waals surface area (Å²) in [6.45, 7) is 0. The van der Waals surface area contributed by atoms with Gasteiger partial charge >= 0.3 is 0 Å². The van der Waals surface area contributed by atoms with Gasteiger partial charge in [0.25, 0.3) is 0 Å². The van der Waals surface area contributed by atoms with Gasteiger partial charge in [-0.1, -0.05) is 0 Å². The summed E-state index contributed by atoms with van der Waals surface area (Å²) in [6, 6.07) is 0. The molecule has 0 amide bonds. The predicted octanol–water partition coefficient (Wildman–Crippen LogP) is -0.944. The van der Waals surface area contributed by atoms with E-state index in [1.807, 2.05) is 0 Å². The maximum Gasteiger partial charge on any atom is 0.233 e. The van der Waals surface area contributed by atoms with Crippen LogP contribution in [0.4, 0.5) is 23.3 Å². The number of hydrogen-bond donors (Lipinski definition) is 4. The summed E-state index contributed by atoms with van der Waals surface area (Å²) < 4.78 is 8.65. The molecule has 0 spiro atoms. The molecule has 0 saturated heterocycles. The first kappa shape index (κ1) is 8.10. The second-order valence-corrected chi connectivity index (χ2v) is 2.25. The third-order valence-corrected chi connectivity index (χ3v) is 1.33. The van der Waals surface area contributed by atoms with Crippen molar-refractivity contribution in [1.29, 1.82) is 0 Å². The minimum atomic E-state index is 0.104. The van der Waals surface area contributed by atoms with E-state index in [0.29, 0.717) is 0 Å². The molecule has 10 heteroatoms. The van der Waals surface area contributed by atoms with Crippen molar-refractivity contribution >= 4 is 23.3 Å². The summed E-state index contributed by atoms with van der Waals surface area (Å²) in [6.07, 6.45) is 0. The van der Waals surface area contributed by atoms with Gasteiger partial charge in [-0.15, -0.1) is 0 Å². The fourth-order valence-electron chi connectivity index (χ4n) is 0.683. The minimum absolute atomic E-state index is 0.104. The van der Waals surface area contributed by atoms with E-state index in [0.717, 1.165) is 0 Å². The van der Waals surface area contributed by atoms with Crippen molar-refractivity contribution in [3.8, 4) is 0 Å². The van der Waals surface area contributed by atoms with Crippen molar-refractivity contribution in [3.05, 3.63) is 0 Å². The van der Waals surface area contributed by atoms with Gasteiger partial charge in [-0.25, -0.2) is 9.26 Å². The van der Waals surface area contributed by atoms with Gasteiger partial charge in [0.05, 0.1) is 0 Å². The molecule has 0 atom stereocenters. The summed E-state index contributed by atoms with van der Waals surface area (Å²) in [7, 11) is 0. The van der Waals surface area contributed by atoms with E-state index in [9.17, 15) is 0 Å². The molecule has 0 aliphatic heterocycles. The summed E-state index contributed by atoms with van der Waals surface area (Å²) >= 11 is 0. The quantitative estimate of drug-likeness (QED) is 0.454. The van der Waals surface area contributed by atoms with Crippen LogP contribution < -0.4 is 22.3 Å². The number of nitrogens with zero attached hydrogens (tertiary/aromatic N) is 4. The number of rotatable bonds is 3. The molecule has 0 aliphatic rings. The van der Waals surface area contributed by atoms with E-state index in [4.69, 9.17) is 11.5 Å². The molecule has 0 fully saturated rings. The van der Waals surface area contributed by atoms with Crippen LogP contribution in [0.15, 0.2) is 9.26 Å². The van der Waals surface area contributed by atoms with Crippen molar-refractivity contribution in [2.75, 3.05) is 22.3 Å². The van der Waals surface area contributed by atoms with Crippen molar-refractivity contribution in [2.45, 2.75) is 0 Å². The first-order valence-corrected chi connectivity index (χ1v) is 3.45. The van der Waals surface area contributed by atoms with Gasteiger partial charge in [0, 0.05) is 0 Å². The van der Waals surface area contributed by atoms with Gasteiger partial charge in [-0.2, -0.15) is 0 Å². The molecule has 0 unspecified atom stereocenters. The van der Waals surface area contributed by atoms with E-state index in [2.05, 4.69) is 40.7 Å². The summed E-state index contributed by atoms with van der Waals surface area (Å²) in [4.78, 5) is 0. The van der Waals surface area contributed by atoms with Crippen LogP contribution in [0.5, 0.6) is 0 Å². The lowest BCUT2D eigenvalue weighted by Crippen LogP contribution is -2.11. The Morgan fingerprint density at radius 2 is 1.21 bits per heavy atom. The lowest BCUT2D eigenvalue weighted by molar-refractivity contribution is 0.309. The largest absolute Gasteiger partial charge is 0.378 e. The maximum atomic E-state index is 5.36. The number of hydrazine groups is 1. The number of anilines is 4. The Hall–Kier alpha value is -2.52. The van der Waals surface area contributed by atoms with Gasteiger partial charge in [-0.3, -0.25) is 10.9 Å². The Bertz CT molecular complexity index is 380. The van der Waals surface area contributed by atoms with Crippen molar-refractivity contribution < 1.29 is 9.26 Å². The van der Waals surface area contributed by atoms with Crippen LogP contribution >= 0.6 is 0 Å². The summed E-state index contributed by atoms with van der Waals surface area (Å²) in [5.41, 5.74) is 15.8. The molecule has 6 N–H and O–H groups in total. The highest BCUT2D eigenvalue weighted by Crippen LogP contribution is 2.14. The zero-order valence-electron chi connectivity index (χ0n) is 6.76. The van der Waals surface area contributed by atoms with Crippen LogP contribution in [0.3, 0.4) is 0 Å². The molecule has 10 nitrogen and oxygen atoms in total. The van der Waals surface area contributed by atoms with Crippen LogP contribution in [0.25, 0.3) is 0 Å². The number of hydrogen-bond acceptors (Lipinski definition) is 10. The van der Waals surface area contributed by atoms with E-state index in [1.54, 1.807) is 0 Å². The standard InChI is InChI=1S/C4H6N8O2/c5-1-3(11-13-9-1)7-8-4-2(6)10-14-12-4/h(H2,5,9)(H2,6,10)(H,7,11)(H,8,12). The lowest BCUT2D eigenvalue weighted by Gasteiger charge is -2.01. The normalized spacial score (nSPS) is 10.0. The van der Waals surface area contributed by atoms with Crippen LogP contribution in [-0.2, 0) is 0 Å². The van der Waals surface area contributed by atoms with Gasteiger partial charge in [-0.05, 0) is 20.6 Å². The van der Waals surface area contributed by atoms with Crippen LogP contribution in [-0.4, -0.2) is 20.6 Å². The predicted molar refractivity (Wildman–Crippen MR) is 44.7 cm³/mol. The summed E-state index contributed by atoms with van der Waals surface area (Å²) in [5, 5.41) is 13.6. The minimum Gasteiger partial charge on any atom is -0.378 e. The molecule has 2 aromatic rings. The Kier molecular flexibility index (Phi) is 1.78. The molecule has 0 radical (unpaired) electrons. The molecule has 0 aromatic carbocycles. The highest BCUT2D eigenvalue weighted by atomic mass is 16.6. The molecular formula is C4H6N8O2. The second-order valence-electron chi connectivity index (χ2n) is 2.25. The van der Waals surface area contributed by atoms with E-state index < -0.39 is 0 Å². The van der Waals surface area contributed by atoms with Gasteiger partial charge in [0.2, 0.25) is 23.3 Å². The molecule has 74 valence electrons. The Labute approximate surface area is 76.5 Å². The Morgan fingerprint density at radius 3 is 1.50 bits per heavy atom. The van der Waals surface area contributed by atoms with Crippen LogP contribution in [0.1, 0.15) is 0 Å². The smallest absolute Gasteiger partial charge is 0.233 e. The second kappa shape index (κ2) is 3.08. The fraction of sp³-hybridized carbons (Fsp3) is 0. The fourth-order valence-corrected chi connectivity index (χ4v) is 0.683. The zero-order chi connectivity index (χ0) is 9.97. The molecule has 0 saturated carbocycles. The maximum absolute atomic E-state index is 5.36. The average Bonchev–Trinajstić information content (AvgIpc) is 2.72. The van der Waals surface area contributed by atoms with Crippen molar-refractivity contribution in [2.24, 2.45) is 0 Å².